The van der Waals surface area contributed by atoms with Crippen LogP contribution in [-0.4, -0.2) is 37.6 Å². The molecule has 0 aliphatic carbocycles. The van der Waals surface area contributed by atoms with Crippen molar-refractivity contribution in [1.29, 1.82) is 0 Å². The highest BCUT2D eigenvalue weighted by Crippen LogP contribution is 2.31. The molecule has 0 radical (unpaired) electrons. The molecule has 0 bridgehead atoms. The summed E-state index contributed by atoms with van der Waals surface area (Å²) in [6.07, 6.45) is 0. The van der Waals surface area contributed by atoms with Crippen molar-refractivity contribution in [2.24, 2.45) is 5.73 Å². The predicted octanol–water partition coefficient (Wildman–Crippen LogP) is 2.66. The minimum Gasteiger partial charge on any atom is -0.493 e. The number of nitrogens with one attached hydrogen (secondary N) is 1. The molecule has 7 nitrogen and oxygen atoms in total. The number of hydrogen-bond donors (Lipinski definition) is 2. The van der Waals surface area contributed by atoms with Gasteiger partial charge in [-0.1, -0.05) is 36.4 Å². The van der Waals surface area contributed by atoms with Crippen LogP contribution in [0.1, 0.15) is 17.2 Å². The quantitative estimate of drug-likeness (QED) is 0.719. The fourth-order valence-corrected chi connectivity index (χ4v) is 2.81. The lowest BCUT2D eigenvalue weighted by atomic mass is 10.0. The van der Waals surface area contributed by atoms with Crippen LogP contribution in [0.2, 0.25) is 0 Å². The summed E-state index contributed by atoms with van der Waals surface area (Å²) in [6, 6.07) is 11.6. The van der Waals surface area contributed by atoms with Crippen LogP contribution in [0.25, 0.3) is 0 Å². The fraction of sp³-hybridized carbons (Fsp3) is 0.263. The molecule has 0 fully saturated rings. The second kappa shape index (κ2) is 9.65. The molecule has 0 heterocycles. The van der Waals surface area contributed by atoms with E-state index < -0.39 is 24.6 Å². The molecule has 2 aromatic carbocycles. The van der Waals surface area contributed by atoms with Crippen LogP contribution in [0.3, 0.4) is 0 Å². The van der Waals surface area contributed by atoms with E-state index in [1.165, 1.54) is 13.2 Å². The molecule has 3 amide bonds. The minimum absolute atomic E-state index is 0.0880. The van der Waals surface area contributed by atoms with E-state index in [0.29, 0.717) is 11.1 Å². The Kier molecular flexibility index (Phi) is 7.28. The Hall–Kier alpha value is -3.20. The van der Waals surface area contributed by atoms with E-state index >= 15 is 0 Å². The zero-order chi connectivity index (χ0) is 20.7. The normalized spacial score (nSPS) is 11.9. The molecule has 0 spiro atoms. The van der Waals surface area contributed by atoms with Gasteiger partial charge < -0.3 is 15.2 Å². The monoisotopic (exact) mass is 393 g/mol. The molecule has 9 heteroatoms. The number of rotatable bonds is 8. The maximum Gasteiger partial charge on any atom is 0.387 e. The summed E-state index contributed by atoms with van der Waals surface area (Å²) in [6.45, 7) is -2.71. The third kappa shape index (κ3) is 5.65. The fourth-order valence-electron chi connectivity index (χ4n) is 2.81. The second-order valence-electron chi connectivity index (χ2n) is 5.95. The van der Waals surface area contributed by atoms with Gasteiger partial charge in [0.1, 0.15) is 6.04 Å². The van der Waals surface area contributed by atoms with E-state index in [0.717, 1.165) is 0 Å². The number of hydrogen-bond acceptors (Lipinski definition) is 5. The number of ether oxygens (including phenoxy) is 2. The van der Waals surface area contributed by atoms with E-state index in [1.54, 1.807) is 54.4 Å². The zero-order valence-corrected chi connectivity index (χ0v) is 15.4. The summed E-state index contributed by atoms with van der Waals surface area (Å²) in [7, 11) is 3.03. The summed E-state index contributed by atoms with van der Waals surface area (Å²) < 4.78 is 34.4. The first-order chi connectivity index (χ1) is 13.3. The third-order valence-corrected chi connectivity index (χ3v) is 3.93. The van der Waals surface area contributed by atoms with Gasteiger partial charge in [-0.05, 0) is 30.3 Å². The average Bonchev–Trinajstić information content (AvgIpc) is 2.63. The molecular weight excluding hydrogens is 372 g/mol. The Bertz CT molecular complexity index is 818. The molecule has 0 saturated carbocycles. The number of carbonyl (C=O) groups excluding carboxylic acids is 2. The molecule has 0 aromatic heterocycles. The molecule has 1 atom stereocenters. The smallest absolute Gasteiger partial charge is 0.387 e. The predicted molar refractivity (Wildman–Crippen MR) is 98.0 cm³/mol. The molecule has 2 rings (SSSR count). The number of benzene rings is 2. The van der Waals surface area contributed by atoms with Gasteiger partial charge in [-0.25, -0.2) is 4.79 Å². The Labute approximate surface area is 161 Å². The standard InChI is InChI=1S/C19H21F2N3O4/c1-24(11-12-8-9-14(28-18(20)21)15(10-12)27-2)16(17(25)23-19(22)26)13-6-4-3-5-7-13/h3-10,16,18H,11H2,1-2H3,(H3,22,23,25,26)/t16-/m0/s1. The van der Waals surface area contributed by atoms with Gasteiger partial charge in [0.15, 0.2) is 11.5 Å². The lowest BCUT2D eigenvalue weighted by Gasteiger charge is -2.27. The van der Waals surface area contributed by atoms with Crippen LogP contribution in [0.4, 0.5) is 13.6 Å². The third-order valence-electron chi connectivity index (χ3n) is 3.93. The summed E-state index contributed by atoms with van der Waals surface area (Å²) >= 11 is 0. The number of carbonyl (C=O) groups is 2. The molecular formula is C19H21F2N3O4. The number of urea groups is 1. The first kappa shape index (κ1) is 21.1. The van der Waals surface area contributed by atoms with Crippen LogP contribution in [0.15, 0.2) is 48.5 Å². The van der Waals surface area contributed by atoms with E-state index in [2.05, 4.69) is 10.1 Å². The Morgan fingerprint density at radius 3 is 2.39 bits per heavy atom. The number of halogens is 2. The van der Waals surface area contributed by atoms with E-state index in [-0.39, 0.29) is 18.0 Å². The largest absolute Gasteiger partial charge is 0.493 e. The lowest BCUT2D eigenvalue weighted by molar-refractivity contribution is -0.125. The van der Waals surface area contributed by atoms with Crippen molar-refractivity contribution in [3.05, 3.63) is 59.7 Å². The molecule has 3 N–H and O–H groups in total. The van der Waals surface area contributed by atoms with Crippen LogP contribution in [0, 0.1) is 0 Å². The number of alkyl halides is 2. The summed E-state index contributed by atoms with van der Waals surface area (Å²) in [5.74, 6) is -0.523. The van der Waals surface area contributed by atoms with Crippen LogP contribution >= 0.6 is 0 Å². The van der Waals surface area contributed by atoms with Gasteiger partial charge in [-0.3, -0.25) is 15.0 Å². The zero-order valence-electron chi connectivity index (χ0n) is 15.4. The number of methoxy groups -OCH3 is 1. The first-order valence-corrected chi connectivity index (χ1v) is 8.29. The highest BCUT2D eigenvalue weighted by molar-refractivity contribution is 5.96. The van der Waals surface area contributed by atoms with Gasteiger partial charge in [0.2, 0.25) is 5.91 Å². The van der Waals surface area contributed by atoms with Gasteiger partial charge in [-0.15, -0.1) is 0 Å². The number of nitrogens with two attached hydrogens (primary N) is 1. The Morgan fingerprint density at radius 2 is 1.82 bits per heavy atom. The van der Waals surface area contributed by atoms with Gasteiger partial charge >= 0.3 is 12.6 Å². The maximum atomic E-state index is 12.5. The van der Waals surface area contributed by atoms with Gasteiger partial charge in [0.05, 0.1) is 7.11 Å². The molecule has 0 unspecified atom stereocenters. The van der Waals surface area contributed by atoms with Crippen molar-refractivity contribution in [2.45, 2.75) is 19.2 Å². The maximum absolute atomic E-state index is 12.5. The highest BCUT2D eigenvalue weighted by atomic mass is 19.3. The van der Waals surface area contributed by atoms with Gasteiger partial charge in [-0.2, -0.15) is 8.78 Å². The van der Waals surface area contributed by atoms with Crippen LogP contribution in [-0.2, 0) is 11.3 Å². The molecule has 2 aromatic rings. The molecule has 150 valence electrons. The lowest BCUT2D eigenvalue weighted by Crippen LogP contribution is -2.43. The summed E-state index contributed by atoms with van der Waals surface area (Å²) in [4.78, 5) is 25.3. The number of primary amides is 1. The summed E-state index contributed by atoms with van der Waals surface area (Å²) in [5, 5.41) is 2.09. The number of imide groups is 1. The Balaban J connectivity index is 2.26. The van der Waals surface area contributed by atoms with Crippen LogP contribution in [0.5, 0.6) is 11.5 Å². The molecule has 0 aliphatic heterocycles. The molecule has 0 aliphatic rings. The number of likely N-dealkylation sites (N-methyl/N-ethyl adjacent to an activating group) is 1. The highest BCUT2D eigenvalue weighted by Gasteiger charge is 2.26. The number of amides is 3. The van der Waals surface area contributed by atoms with Crippen molar-refractivity contribution >= 4 is 11.9 Å². The van der Waals surface area contributed by atoms with E-state index in [1.807, 2.05) is 0 Å². The summed E-state index contributed by atoms with van der Waals surface area (Å²) in [5.41, 5.74) is 6.42. The number of nitrogens with zero attached hydrogens (tertiary/aromatic N) is 1. The van der Waals surface area contributed by atoms with Gasteiger partial charge in [0, 0.05) is 6.54 Å². The van der Waals surface area contributed by atoms with Crippen molar-refractivity contribution in [2.75, 3.05) is 14.2 Å². The van der Waals surface area contributed by atoms with Crippen LogP contribution < -0.4 is 20.5 Å². The Morgan fingerprint density at radius 1 is 1.14 bits per heavy atom. The molecule has 0 saturated heterocycles. The van der Waals surface area contributed by atoms with Crippen molar-refractivity contribution in [3.63, 3.8) is 0 Å². The topological polar surface area (TPSA) is 93.9 Å². The van der Waals surface area contributed by atoms with E-state index in [9.17, 15) is 18.4 Å². The molecule has 28 heavy (non-hydrogen) atoms. The van der Waals surface area contributed by atoms with Crippen molar-refractivity contribution < 1.29 is 27.8 Å². The van der Waals surface area contributed by atoms with Gasteiger partial charge in [0.25, 0.3) is 0 Å². The van der Waals surface area contributed by atoms with E-state index in [4.69, 9.17) is 10.5 Å². The second-order valence-corrected chi connectivity index (χ2v) is 5.95. The average molecular weight is 393 g/mol. The van der Waals surface area contributed by atoms with Crippen molar-refractivity contribution in [3.8, 4) is 11.5 Å². The van der Waals surface area contributed by atoms with Crippen molar-refractivity contribution in [1.82, 2.24) is 10.2 Å². The SMILES string of the molecule is COc1cc(CN(C)[C@H](C(=O)NC(N)=O)c2ccccc2)ccc1OC(F)F. The first-order valence-electron chi connectivity index (χ1n) is 8.29. The minimum atomic E-state index is -2.97.